The number of halogens is 1. The number of aryl methyl sites for hydroxylation is 2. The van der Waals surface area contributed by atoms with Gasteiger partial charge in [0.2, 0.25) is 0 Å². The quantitative estimate of drug-likeness (QED) is 0.654. The third kappa shape index (κ3) is 3.03. The molecule has 0 aliphatic rings. The van der Waals surface area contributed by atoms with Crippen molar-refractivity contribution in [2.45, 2.75) is 19.4 Å². The van der Waals surface area contributed by atoms with Gasteiger partial charge in [0, 0.05) is 5.02 Å². The molecule has 0 aliphatic heterocycles. The molecule has 0 aromatic heterocycles. The van der Waals surface area contributed by atoms with E-state index in [0.717, 1.165) is 27.8 Å². The average molecular weight is 323 g/mol. The van der Waals surface area contributed by atoms with E-state index in [1.165, 1.54) is 0 Å². The largest absolute Gasteiger partial charge is 0.376 e. The van der Waals surface area contributed by atoms with Crippen molar-refractivity contribution in [3.8, 4) is 0 Å². The van der Waals surface area contributed by atoms with Crippen molar-refractivity contribution in [2.75, 3.05) is 0 Å². The molecule has 0 amide bonds. The lowest BCUT2D eigenvalue weighted by Gasteiger charge is -2.30. The number of benzene rings is 3. The van der Waals surface area contributed by atoms with E-state index in [1.54, 1.807) is 0 Å². The highest BCUT2D eigenvalue weighted by Crippen LogP contribution is 2.37. The van der Waals surface area contributed by atoms with Gasteiger partial charge in [-0.1, -0.05) is 83.4 Å². The van der Waals surface area contributed by atoms with Crippen LogP contribution in [0.15, 0.2) is 72.8 Å². The normalized spacial score (nSPS) is 11.5. The zero-order valence-corrected chi connectivity index (χ0v) is 14.0. The van der Waals surface area contributed by atoms with Gasteiger partial charge in [0.15, 0.2) is 0 Å². The second-order valence-corrected chi connectivity index (χ2v) is 6.39. The minimum atomic E-state index is -1.20. The van der Waals surface area contributed by atoms with Crippen LogP contribution >= 0.6 is 11.6 Å². The maximum atomic E-state index is 11.7. The van der Waals surface area contributed by atoms with E-state index in [-0.39, 0.29) is 0 Å². The smallest absolute Gasteiger partial charge is 0.140 e. The van der Waals surface area contributed by atoms with Gasteiger partial charge in [-0.25, -0.2) is 0 Å². The maximum absolute atomic E-state index is 11.7. The highest BCUT2D eigenvalue weighted by atomic mass is 35.5. The Hall–Kier alpha value is -2.09. The Labute approximate surface area is 142 Å². The summed E-state index contributed by atoms with van der Waals surface area (Å²) < 4.78 is 0. The molecule has 0 heterocycles. The maximum Gasteiger partial charge on any atom is 0.140 e. The van der Waals surface area contributed by atoms with Gasteiger partial charge in [0.05, 0.1) is 0 Å². The summed E-state index contributed by atoms with van der Waals surface area (Å²) in [4.78, 5) is 0. The molecule has 1 N–H and O–H groups in total. The Morgan fingerprint density at radius 2 is 0.913 bits per heavy atom. The first kappa shape index (κ1) is 15.8. The van der Waals surface area contributed by atoms with E-state index in [1.807, 2.05) is 86.6 Å². The van der Waals surface area contributed by atoms with E-state index in [4.69, 9.17) is 11.6 Å². The van der Waals surface area contributed by atoms with Crippen LogP contribution in [0.5, 0.6) is 0 Å². The van der Waals surface area contributed by atoms with Crippen molar-refractivity contribution in [1.82, 2.24) is 0 Å². The molecule has 0 aliphatic carbocycles. The summed E-state index contributed by atoms with van der Waals surface area (Å²) in [6, 6.07) is 23.4. The molecule has 116 valence electrons. The molecule has 0 spiro atoms. The highest BCUT2D eigenvalue weighted by Gasteiger charge is 2.33. The molecule has 0 radical (unpaired) electrons. The lowest BCUT2D eigenvalue weighted by atomic mass is 9.80. The van der Waals surface area contributed by atoms with E-state index >= 15 is 0 Å². The molecule has 2 heteroatoms. The molecule has 1 nitrogen and oxygen atoms in total. The van der Waals surface area contributed by atoms with Gasteiger partial charge in [0.25, 0.3) is 0 Å². The van der Waals surface area contributed by atoms with E-state index in [2.05, 4.69) is 0 Å². The fourth-order valence-corrected chi connectivity index (χ4v) is 2.91. The van der Waals surface area contributed by atoms with Crippen molar-refractivity contribution in [3.05, 3.63) is 106 Å². The molecule has 3 rings (SSSR count). The first-order chi connectivity index (χ1) is 11.0. The van der Waals surface area contributed by atoms with Crippen LogP contribution in [0.4, 0.5) is 0 Å². The zero-order chi connectivity index (χ0) is 16.4. The summed E-state index contributed by atoms with van der Waals surface area (Å²) in [6.07, 6.45) is 0. The van der Waals surface area contributed by atoms with Crippen LogP contribution in [0.3, 0.4) is 0 Å². The van der Waals surface area contributed by atoms with E-state index in [9.17, 15) is 5.11 Å². The van der Waals surface area contributed by atoms with Crippen LogP contribution in [0, 0.1) is 13.8 Å². The Morgan fingerprint density at radius 1 is 0.609 bits per heavy atom. The van der Waals surface area contributed by atoms with Crippen LogP contribution < -0.4 is 0 Å². The van der Waals surface area contributed by atoms with Crippen LogP contribution in [0.1, 0.15) is 27.8 Å². The minimum absolute atomic E-state index is 0.656. The number of aliphatic hydroxyl groups is 1. The summed E-state index contributed by atoms with van der Waals surface area (Å²) in [5.74, 6) is 0. The minimum Gasteiger partial charge on any atom is -0.376 e. The van der Waals surface area contributed by atoms with Gasteiger partial charge in [-0.2, -0.15) is 0 Å². The highest BCUT2D eigenvalue weighted by molar-refractivity contribution is 6.30. The van der Waals surface area contributed by atoms with Gasteiger partial charge in [0.1, 0.15) is 5.60 Å². The molecule has 3 aromatic rings. The molecule has 3 aromatic carbocycles. The Kier molecular flexibility index (Phi) is 4.25. The topological polar surface area (TPSA) is 20.2 Å². The van der Waals surface area contributed by atoms with Gasteiger partial charge in [-0.05, 0) is 42.7 Å². The monoisotopic (exact) mass is 322 g/mol. The molecule has 0 saturated heterocycles. The van der Waals surface area contributed by atoms with Gasteiger partial charge in [-0.3, -0.25) is 0 Å². The standard InChI is InChI=1S/C21H19ClO/c1-15-3-7-17(8-4-15)21(23,18-9-5-16(2)6-10-18)19-11-13-20(22)14-12-19/h3-14,23H,1-2H3. The molecule has 0 fully saturated rings. The molecule has 23 heavy (non-hydrogen) atoms. The molecule has 0 unspecified atom stereocenters. The van der Waals surface area contributed by atoms with Gasteiger partial charge < -0.3 is 5.11 Å². The van der Waals surface area contributed by atoms with Crippen molar-refractivity contribution in [3.63, 3.8) is 0 Å². The lowest BCUT2D eigenvalue weighted by molar-refractivity contribution is 0.125. The summed E-state index contributed by atoms with van der Waals surface area (Å²) >= 11 is 6.01. The summed E-state index contributed by atoms with van der Waals surface area (Å²) in [7, 11) is 0. The van der Waals surface area contributed by atoms with Crippen molar-refractivity contribution >= 4 is 11.6 Å². The van der Waals surface area contributed by atoms with Gasteiger partial charge >= 0.3 is 0 Å². The van der Waals surface area contributed by atoms with Crippen LogP contribution in [0.25, 0.3) is 0 Å². The fraction of sp³-hybridized carbons (Fsp3) is 0.143. The lowest BCUT2D eigenvalue weighted by Crippen LogP contribution is -2.28. The third-order valence-electron chi connectivity index (χ3n) is 4.20. The molecule has 0 bridgehead atoms. The summed E-state index contributed by atoms with van der Waals surface area (Å²) in [6.45, 7) is 4.08. The number of hydrogen-bond acceptors (Lipinski definition) is 1. The molecular formula is C21H19ClO. The van der Waals surface area contributed by atoms with Crippen molar-refractivity contribution < 1.29 is 5.11 Å². The summed E-state index contributed by atoms with van der Waals surface area (Å²) in [5, 5.41) is 12.3. The van der Waals surface area contributed by atoms with E-state index < -0.39 is 5.60 Å². The van der Waals surface area contributed by atoms with Crippen LogP contribution in [-0.2, 0) is 5.60 Å². The zero-order valence-electron chi connectivity index (χ0n) is 13.3. The molecule has 0 atom stereocenters. The fourth-order valence-electron chi connectivity index (χ4n) is 2.78. The Bertz CT molecular complexity index is 676. The number of rotatable bonds is 3. The van der Waals surface area contributed by atoms with Crippen molar-refractivity contribution in [1.29, 1.82) is 0 Å². The average Bonchev–Trinajstić information content (AvgIpc) is 2.56. The Balaban J connectivity index is 2.21. The summed E-state index contributed by atoms with van der Waals surface area (Å²) in [5.41, 5.74) is 3.61. The first-order valence-corrected chi connectivity index (χ1v) is 8.00. The SMILES string of the molecule is Cc1ccc(C(O)(c2ccc(C)cc2)c2ccc(Cl)cc2)cc1. The number of hydrogen-bond donors (Lipinski definition) is 1. The predicted octanol–water partition coefficient (Wildman–Crippen LogP) is 5.24. The van der Waals surface area contributed by atoms with Gasteiger partial charge in [-0.15, -0.1) is 0 Å². The van der Waals surface area contributed by atoms with Crippen LogP contribution in [-0.4, -0.2) is 5.11 Å². The van der Waals surface area contributed by atoms with E-state index in [0.29, 0.717) is 5.02 Å². The predicted molar refractivity (Wildman–Crippen MR) is 95.9 cm³/mol. The van der Waals surface area contributed by atoms with Crippen LogP contribution in [0.2, 0.25) is 5.02 Å². The molecular weight excluding hydrogens is 304 g/mol. The van der Waals surface area contributed by atoms with Crippen molar-refractivity contribution in [2.24, 2.45) is 0 Å². The Morgan fingerprint density at radius 3 is 1.26 bits per heavy atom. The third-order valence-corrected chi connectivity index (χ3v) is 4.45. The first-order valence-electron chi connectivity index (χ1n) is 7.63. The second-order valence-electron chi connectivity index (χ2n) is 5.95. The molecule has 0 saturated carbocycles. The second kappa shape index (κ2) is 6.19.